The minimum Gasteiger partial charge on any atom is -0.459 e. The number of nitrogens with zero attached hydrogens (tertiary/aromatic N) is 1. The van der Waals surface area contributed by atoms with E-state index in [0.29, 0.717) is 32.2 Å². The molecule has 13 nitrogen and oxygen atoms in total. The molecule has 3 N–H and O–H groups in total. The van der Waals surface area contributed by atoms with Gasteiger partial charge in [0.15, 0.2) is 14.1 Å². The molecule has 7 atom stereocenters. The van der Waals surface area contributed by atoms with Crippen molar-refractivity contribution in [1.82, 2.24) is 20.9 Å². The van der Waals surface area contributed by atoms with Crippen LogP contribution in [0.15, 0.2) is 30.3 Å². The van der Waals surface area contributed by atoms with Crippen molar-refractivity contribution in [3.63, 3.8) is 0 Å². The number of ether oxygens (including phenoxy) is 2. The van der Waals surface area contributed by atoms with Crippen LogP contribution in [0.5, 0.6) is 0 Å². The maximum atomic E-state index is 14.1. The summed E-state index contributed by atoms with van der Waals surface area (Å²) in [6.45, 7) is 29.1. The van der Waals surface area contributed by atoms with Crippen molar-refractivity contribution < 1.29 is 42.7 Å². The number of carbonyl (C=O) groups is 6. The van der Waals surface area contributed by atoms with E-state index in [0.717, 1.165) is 5.56 Å². The lowest BCUT2D eigenvalue weighted by molar-refractivity contribution is -0.155. The summed E-state index contributed by atoms with van der Waals surface area (Å²) in [6.07, 6.45) is 0.543. The molecule has 0 aliphatic carbocycles. The molecule has 4 amide bonds. The highest BCUT2D eigenvalue weighted by Gasteiger charge is 2.44. The van der Waals surface area contributed by atoms with Crippen molar-refractivity contribution in [2.24, 2.45) is 23.7 Å². The number of ketones is 1. The molecule has 0 spiro atoms. The van der Waals surface area contributed by atoms with Gasteiger partial charge in [-0.3, -0.25) is 19.2 Å². The molecular formula is C45H76N4O9Si. The first kappa shape index (κ1) is 51.4. The Labute approximate surface area is 355 Å². The van der Waals surface area contributed by atoms with Gasteiger partial charge in [0.1, 0.15) is 24.3 Å². The van der Waals surface area contributed by atoms with Crippen LogP contribution in [-0.2, 0) is 44.5 Å². The molecule has 0 saturated carbocycles. The van der Waals surface area contributed by atoms with Gasteiger partial charge in [-0.1, -0.05) is 99.1 Å². The number of alkyl carbamates (subject to hydrolysis) is 1. The Bertz CT molecular complexity index is 1570. The molecule has 334 valence electrons. The highest BCUT2D eigenvalue weighted by Crippen LogP contribution is 2.38. The molecule has 0 bridgehead atoms. The van der Waals surface area contributed by atoms with Gasteiger partial charge in [-0.25, -0.2) is 9.59 Å². The summed E-state index contributed by atoms with van der Waals surface area (Å²) < 4.78 is 18.1. The summed E-state index contributed by atoms with van der Waals surface area (Å²) in [7, 11) is -2.50. The number of hydrogen-bond acceptors (Lipinski definition) is 9. The number of rotatable bonds is 20. The number of benzene rings is 1. The summed E-state index contributed by atoms with van der Waals surface area (Å²) in [5.41, 5.74) is 0.0986. The third kappa shape index (κ3) is 16.0. The Hall–Kier alpha value is -3.78. The van der Waals surface area contributed by atoms with Crippen molar-refractivity contribution >= 4 is 43.9 Å². The average Bonchev–Trinajstić information content (AvgIpc) is 3.62. The maximum absolute atomic E-state index is 14.1. The summed E-state index contributed by atoms with van der Waals surface area (Å²) in [6, 6.07) is 5.94. The molecule has 1 aromatic carbocycles. The zero-order valence-electron chi connectivity index (χ0n) is 38.7. The number of hydrogen-bond donors (Lipinski definition) is 3. The Morgan fingerprint density at radius 3 is 2.02 bits per heavy atom. The first-order valence-corrected chi connectivity index (χ1v) is 24.4. The van der Waals surface area contributed by atoms with Crippen LogP contribution in [0, 0.1) is 23.7 Å². The number of nitrogens with one attached hydrogen (secondary N) is 3. The Kier molecular flexibility index (Phi) is 19.3. The standard InChI is InChI=1S/C45H76N4O9Si/c1-16-30(6)38(48-43(55)57-44(8,9)10)35(58-59(14,15)45(11,12)13)26-36(50)47-37(29(4)5)39(51)31(7)40(52)46-33(25-28(2)3)41(53)49-24-20-23-34(49)42(54)56-27-32-21-18-17-19-22-32/h17-19,21-22,28-31,33-35,37-38H,16,20,23-27H2,1-15H3,(H,46,52)(H,47,50)(H,48,55)/t30-,31?,33-,34-,35-,37-,38+/m0/s1. The van der Waals surface area contributed by atoms with Gasteiger partial charge in [-0.2, -0.15) is 0 Å². The van der Waals surface area contributed by atoms with Crippen molar-refractivity contribution in [3.8, 4) is 0 Å². The van der Waals surface area contributed by atoms with Crippen molar-refractivity contribution in [2.45, 2.75) is 183 Å². The van der Waals surface area contributed by atoms with Gasteiger partial charge in [0, 0.05) is 6.54 Å². The molecule has 1 unspecified atom stereocenters. The third-order valence-electron chi connectivity index (χ3n) is 11.4. The summed E-state index contributed by atoms with van der Waals surface area (Å²) in [4.78, 5) is 83.7. The van der Waals surface area contributed by atoms with E-state index >= 15 is 0 Å². The van der Waals surface area contributed by atoms with Gasteiger partial charge in [0.25, 0.3) is 0 Å². The van der Waals surface area contributed by atoms with E-state index in [4.69, 9.17) is 13.9 Å². The largest absolute Gasteiger partial charge is 0.459 e. The summed E-state index contributed by atoms with van der Waals surface area (Å²) >= 11 is 0. The topological polar surface area (TPSA) is 169 Å². The van der Waals surface area contributed by atoms with Crippen LogP contribution in [0.1, 0.15) is 128 Å². The molecule has 0 aromatic heterocycles. The lowest BCUT2D eigenvalue weighted by Gasteiger charge is -2.43. The van der Waals surface area contributed by atoms with E-state index in [1.807, 2.05) is 58.0 Å². The highest BCUT2D eigenvalue weighted by molar-refractivity contribution is 6.74. The van der Waals surface area contributed by atoms with Crippen LogP contribution in [0.25, 0.3) is 0 Å². The molecule has 1 heterocycles. The minimum absolute atomic E-state index is 0.00888. The molecule has 59 heavy (non-hydrogen) atoms. The fraction of sp³-hybridized carbons (Fsp3) is 0.733. The molecular weight excluding hydrogens is 769 g/mol. The lowest BCUT2D eigenvalue weighted by Crippen LogP contribution is -2.57. The Morgan fingerprint density at radius 1 is 0.881 bits per heavy atom. The fourth-order valence-corrected chi connectivity index (χ4v) is 8.11. The van der Waals surface area contributed by atoms with Crippen molar-refractivity contribution in [1.29, 1.82) is 0 Å². The second kappa shape index (κ2) is 22.2. The van der Waals surface area contributed by atoms with Crippen LogP contribution in [0.2, 0.25) is 18.1 Å². The number of likely N-dealkylation sites (tertiary alicyclic amines) is 1. The monoisotopic (exact) mass is 845 g/mol. The van der Waals surface area contributed by atoms with E-state index < -0.39 is 85.7 Å². The maximum Gasteiger partial charge on any atom is 0.407 e. The number of amides is 4. The third-order valence-corrected chi connectivity index (χ3v) is 15.9. The van der Waals surface area contributed by atoms with Crippen molar-refractivity contribution in [2.75, 3.05) is 6.54 Å². The van der Waals surface area contributed by atoms with Crippen LogP contribution in [-0.4, -0.2) is 91.2 Å². The molecule has 1 saturated heterocycles. The SMILES string of the molecule is CC[C@H](C)[C@@H](NC(=O)OC(C)(C)C)[C@H](CC(=O)N[C@H](C(=O)C(C)C(=O)N[C@@H](CC(C)C)C(=O)N1CCC[C@H]1C(=O)OCc1ccccc1)C(C)C)O[Si](C)(C)C(C)(C)C. The average molecular weight is 845 g/mol. The Morgan fingerprint density at radius 2 is 1.49 bits per heavy atom. The van der Waals surface area contributed by atoms with Gasteiger partial charge < -0.3 is 34.8 Å². The summed E-state index contributed by atoms with van der Waals surface area (Å²) in [5.74, 6) is -4.18. The van der Waals surface area contributed by atoms with Crippen LogP contribution < -0.4 is 16.0 Å². The predicted octanol–water partition coefficient (Wildman–Crippen LogP) is 7.32. The van der Waals surface area contributed by atoms with Gasteiger partial charge in [-0.15, -0.1) is 0 Å². The van der Waals surface area contributed by atoms with Gasteiger partial charge in [0.05, 0.1) is 30.5 Å². The zero-order chi connectivity index (χ0) is 45.0. The van der Waals surface area contributed by atoms with Crippen molar-refractivity contribution in [3.05, 3.63) is 35.9 Å². The lowest BCUT2D eigenvalue weighted by atomic mass is 9.90. The second-order valence-corrected chi connectivity index (χ2v) is 24.3. The van der Waals surface area contributed by atoms with Crippen LogP contribution in [0.3, 0.4) is 0 Å². The quantitative estimate of drug-likeness (QED) is 0.0692. The number of esters is 1. The van der Waals surface area contributed by atoms with E-state index in [1.165, 1.54) is 11.8 Å². The van der Waals surface area contributed by atoms with E-state index in [1.54, 1.807) is 34.6 Å². The molecule has 1 fully saturated rings. The molecule has 1 aromatic rings. The first-order chi connectivity index (χ1) is 27.2. The second-order valence-electron chi connectivity index (χ2n) is 19.6. The molecule has 14 heteroatoms. The van der Waals surface area contributed by atoms with E-state index in [-0.39, 0.29) is 35.8 Å². The first-order valence-electron chi connectivity index (χ1n) is 21.5. The van der Waals surface area contributed by atoms with Crippen LogP contribution in [0.4, 0.5) is 4.79 Å². The van der Waals surface area contributed by atoms with E-state index in [2.05, 4.69) is 49.8 Å². The molecule has 0 radical (unpaired) electrons. The Balaban J connectivity index is 2.29. The van der Waals surface area contributed by atoms with Gasteiger partial charge in [-0.05, 0) is 88.4 Å². The number of carbonyl (C=O) groups excluding carboxylic acids is 6. The minimum atomic E-state index is -2.50. The normalized spacial score (nSPS) is 18.0. The molecule has 1 aliphatic rings. The van der Waals surface area contributed by atoms with Gasteiger partial charge in [0.2, 0.25) is 17.7 Å². The molecule has 2 rings (SSSR count). The smallest absolute Gasteiger partial charge is 0.407 e. The zero-order valence-corrected chi connectivity index (χ0v) is 39.7. The fourth-order valence-electron chi connectivity index (χ4n) is 6.77. The van der Waals surface area contributed by atoms with Gasteiger partial charge >= 0.3 is 12.1 Å². The number of Topliss-reactive ketones (excluding diaryl/α,β-unsaturated/α-hetero) is 1. The van der Waals surface area contributed by atoms with E-state index in [9.17, 15) is 28.8 Å². The highest BCUT2D eigenvalue weighted by atomic mass is 28.4. The molecule has 1 aliphatic heterocycles. The summed E-state index contributed by atoms with van der Waals surface area (Å²) in [5, 5.41) is 8.52. The van der Waals surface area contributed by atoms with Crippen LogP contribution >= 0.6 is 0 Å². The predicted molar refractivity (Wildman–Crippen MR) is 233 cm³/mol.